The van der Waals surface area contributed by atoms with Crippen LogP contribution >= 0.6 is 0 Å². The zero-order valence-corrected chi connectivity index (χ0v) is 9.46. The number of benzene rings is 1. The van der Waals surface area contributed by atoms with Gasteiger partial charge in [-0.2, -0.15) is 0 Å². The number of methoxy groups -OCH3 is 1. The number of rotatable bonds is 5. The number of ketones is 1. The monoisotopic (exact) mass is 246 g/mol. The van der Waals surface area contributed by atoms with Crippen LogP contribution in [0.2, 0.25) is 0 Å². The minimum atomic E-state index is -3.92. The van der Waals surface area contributed by atoms with Crippen LogP contribution in [0.15, 0.2) is 29.2 Å². The second-order valence-corrected chi connectivity index (χ2v) is 5.12. The van der Waals surface area contributed by atoms with E-state index in [1.165, 1.54) is 19.2 Å². The van der Waals surface area contributed by atoms with Crippen molar-refractivity contribution < 1.29 is 22.3 Å². The maximum absolute atomic E-state index is 13.2. The van der Waals surface area contributed by atoms with Crippen LogP contribution < -0.4 is 0 Å². The third-order valence-corrected chi connectivity index (χ3v) is 3.53. The van der Waals surface area contributed by atoms with Gasteiger partial charge in [0.05, 0.1) is 0 Å². The zero-order valence-electron chi connectivity index (χ0n) is 8.64. The molecule has 88 valence electrons. The molecule has 16 heavy (non-hydrogen) atoms. The molecule has 0 unspecified atom stereocenters. The lowest BCUT2D eigenvalue weighted by Gasteiger charge is -2.04. The maximum Gasteiger partial charge on any atom is 0.188 e. The van der Waals surface area contributed by atoms with E-state index in [9.17, 15) is 17.6 Å². The second-order valence-electron chi connectivity index (χ2n) is 3.16. The Hall–Kier alpha value is -1.27. The fraction of sp³-hybridized carbons (Fsp3) is 0.300. The SMILES string of the molecule is COCC(=O)CS(=O)(=O)c1ccccc1F. The average Bonchev–Trinajstić information content (AvgIpc) is 2.17. The van der Waals surface area contributed by atoms with Crippen molar-refractivity contribution >= 4 is 15.6 Å². The highest BCUT2D eigenvalue weighted by Crippen LogP contribution is 2.15. The van der Waals surface area contributed by atoms with Crippen LogP contribution in [0.1, 0.15) is 0 Å². The smallest absolute Gasteiger partial charge is 0.188 e. The van der Waals surface area contributed by atoms with Gasteiger partial charge in [-0.15, -0.1) is 0 Å². The summed E-state index contributed by atoms with van der Waals surface area (Å²) in [4.78, 5) is 10.7. The van der Waals surface area contributed by atoms with E-state index in [1.807, 2.05) is 0 Å². The normalized spacial score (nSPS) is 11.4. The third kappa shape index (κ3) is 3.11. The van der Waals surface area contributed by atoms with Crippen molar-refractivity contribution in [2.45, 2.75) is 4.90 Å². The van der Waals surface area contributed by atoms with Gasteiger partial charge in [0.2, 0.25) is 0 Å². The Bertz CT molecular complexity index is 481. The van der Waals surface area contributed by atoms with Crippen molar-refractivity contribution in [2.24, 2.45) is 0 Å². The lowest BCUT2D eigenvalue weighted by Crippen LogP contribution is -2.20. The minimum Gasteiger partial charge on any atom is -0.377 e. The van der Waals surface area contributed by atoms with Crippen molar-refractivity contribution in [3.8, 4) is 0 Å². The molecule has 1 aromatic rings. The number of halogens is 1. The van der Waals surface area contributed by atoms with Crippen LogP contribution in [0.4, 0.5) is 4.39 Å². The summed E-state index contributed by atoms with van der Waals surface area (Å²) in [7, 11) is -2.63. The molecule has 0 aromatic heterocycles. The number of ether oxygens (including phenoxy) is 1. The standard InChI is InChI=1S/C10H11FO4S/c1-15-6-8(12)7-16(13,14)10-5-3-2-4-9(10)11/h2-5H,6-7H2,1H3. The van der Waals surface area contributed by atoms with E-state index in [4.69, 9.17) is 0 Å². The van der Waals surface area contributed by atoms with Crippen molar-refractivity contribution in [2.75, 3.05) is 19.5 Å². The lowest BCUT2D eigenvalue weighted by molar-refractivity contribution is -0.120. The average molecular weight is 246 g/mol. The van der Waals surface area contributed by atoms with E-state index >= 15 is 0 Å². The third-order valence-electron chi connectivity index (χ3n) is 1.83. The summed E-state index contributed by atoms with van der Waals surface area (Å²) in [6.07, 6.45) is 0. The molecule has 0 atom stereocenters. The summed E-state index contributed by atoms with van der Waals surface area (Å²) in [6, 6.07) is 4.94. The van der Waals surface area contributed by atoms with Gasteiger partial charge in [-0.1, -0.05) is 12.1 Å². The molecule has 0 radical (unpaired) electrons. The molecule has 6 heteroatoms. The molecule has 0 spiro atoms. The minimum absolute atomic E-state index is 0.298. The molecule has 0 N–H and O–H groups in total. The Balaban J connectivity index is 2.95. The molecule has 4 nitrogen and oxygen atoms in total. The molecular weight excluding hydrogens is 235 g/mol. The number of Topliss-reactive ketones (excluding diaryl/α,β-unsaturated/α-hetero) is 1. The van der Waals surface area contributed by atoms with Gasteiger partial charge in [-0.05, 0) is 12.1 Å². The molecule has 0 aliphatic carbocycles. The molecule has 0 amide bonds. The van der Waals surface area contributed by atoms with Gasteiger partial charge in [-0.3, -0.25) is 4.79 Å². The van der Waals surface area contributed by atoms with Gasteiger partial charge in [0.15, 0.2) is 15.6 Å². The van der Waals surface area contributed by atoms with E-state index in [-0.39, 0.29) is 6.61 Å². The first-order valence-electron chi connectivity index (χ1n) is 4.45. The van der Waals surface area contributed by atoms with E-state index in [2.05, 4.69) is 4.74 Å². The first-order valence-corrected chi connectivity index (χ1v) is 6.10. The van der Waals surface area contributed by atoms with Gasteiger partial charge in [0.25, 0.3) is 0 Å². The quantitative estimate of drug-likeness (QED) is 0.771. The Morgan fingerprint density at radius 2 is 2.00 bits per heavy atom. The summed E-state index contributed by atoms with van der Waals surface area (Å²) in [5.74, 6) is -2.21. The van der Waals surface area contributed by atoms with Crippen LogP contribution in [0.25, 0.3) is 0 Å². The Kier molecular flexibility index (Phi) is 4.14. The largest absolute Gasteiger partial charge is 0.377 e. The topological polar surface area (TPSA) is 60.4 Å². The van der Waals surface area contributed by atoms with Gasteiger partial charge < -0.3 is 4.74 Å². The maximum atomic E-state index is 13.2. The summed E-state index contributed by atoms with van der Waals surface area (Å²) >= 11 is 0. The number of hydrogen-bond acceptors (Lipinski definition) is 4. The van der Waals surface area contributed by atoms with Crippen LogP contribution in [0.3, 0.4) is 0 Å². The molecule has 0 bridgehead atoms. The van der Waals surface area contributed by atoms with Gasteiger partial charge in [-0.25, -0.2) is 12.8 Å². The zero-order chi connectivity index (χ0) is 12.2. The van der Waals surface area contributed by atoms with Crippen molar-refractivity contribution in [3.63, 3.8) is 0 Å². The van der Waals surface area contributed by atoms with Crippen molar-refractivity contribution in [1.29, 1.82) is 0 Å². The predicted octanol–water partition coefficient (Wildman–Crippen LogP) is 0.815. The van der Waals surface area contributed by atoms with E-state index in [0.717, 1.165) is 12.1 Å². The first-order chi connectivity index (χ1) is 7.47. The van der Waals surface area contributed by atoms with Gasteiger partial charge in [0, 0.05) is 7.11 Å². The second kappa shape index (κ2) is 5.18. The summed E-state index contributed by atoms with van der Waals surface area (Å²) in [5.41, 5.74) is 0. The van der Waals surface area contributed by atoms with Crippen LogP contribution in [-0.4, -0.2) is 33.7 Å². The first kappa shape index (κ1) is 12.8. The van der Waals surface area contributed by atoms with Gasteiger partial charge >= 0.3 is 0 Å². The fourth-order valence-corrected chi connectivity index (χ4v) is 2.50. The molecule has 0 saturated heterocycles. The number of carbonyl (C=O) groups excluding carboxylic acids is 1. The van der Waals surface area contributed by atoms with Gasteiger partial charge in [0.1, 0.15) is 23.1 Å². The van der Waals surface area contributed by atoms with E-state index < -0.39 is 32.1 Å². The lowest BCUT2D eigenvalue weighted by atomic mass is 10.3. The highest BCUT2D eigenvalue weighted by Gasteiger charge is 2.22. The highest BCUT2D eigenvalue weighted by atomic mass is 32.2. The number of sulfone groups is 1. The van der Waals surface area contributed by atoms with Crippen LogP contribution in [0.5, 0.6) is 0 Å². The summed E-state index contributed by atoms with van der Waals surface area (Å²) in [5, 5.41) is 0. The molecule has 0 saturated carbocycles. The van der Waals surface area contributed by atoms with E-state index in [1.54, 1.807) is 0 Å². The summed E-state index contributed by atoms with van der Waals surface area (Å²) < 4.78 is 41.0. The molecular formula is C10H11FO4S. The molecule has 0 fully saturated rings. The molecule has 1 aromatic carbocycles. The molecule has 1 rings (SSSR count). The summed E-state index contributed by atoms with van der Waals surface area (Å²) in [6.45, 7) is -0.298. The molecule has 0 aliphatic heterocycles. The van der Waals surface area contributed by atoms with Crippen molar-refractivity contribution in [3.05, 3.63) is 30.1 Å². The van der Waals surface area contributed by atoms with Crippen LogP contribution in [-0.2, 0) is 19.4 Å². The molecule has 0 aliphatic rings. The Labute approximate surface area is 93.0 Å². The van der Waals surface area contributed by atoms with Crippen LogP contribution in [0, 0.1) is 5.82 Å². The van der Waals surface area contributed by atoms with E-state index in [0.29, 0.717) is 0 Å². The number of hydrogen-bond donors (Lipinski definition) is 0. The highest BCUT2D eigenvalue weighted by molar-refractivity contribution is 7.92. The number of carbonyl (C=O) groups is 1. The predicted molar refractivity (Wildman–Crippen MR) is 55.3 cm³/mol. The Morgan fingerprint density at radius 3 is 2.56 bits per heavy atom. The fourth-order valence-electron chi connectivity index (χ4n) is 1.19. The molecule has 0 heterocycles. The van der Waals surface area contributed by atoms with Crippen molar-refractivity contribution in [1.82, 2.24) is 0 Å². The Morgan fingerprint density at radius 1 is 1.38 bits per heavy atom.